The number of ether oxygens (including phenoxy) is 3. The van der Waals surface area contributed by atoms with Crippen molar-refractivity contribution in [1.82, 2.24) is 0 Å². The lowest BCUT2D eigenvalue weighted by atomic mass is 10.2. The molecule has 0 fully saturated rings. The van der Waals surface area contributed by atoms with Crippen LogP contribution in [0.15, 0.2) is 30.3 Å². The molecule has 0 aromatic heterocycles. The molecular formula is C14H10F2O4. The zero-order chi connectivity index (χ0) is 14.1. The third-order valence-electron chi connectivity index (χ3n) is 2.80. The summed E-state index contributed by atoms with van der Waals surface area (Å²) in [5.41, 5.74) is 0.137. The molecule has 0 radical (unpaired) electrons. The van der Waals surface area contributed by atoms with Gasteiger partial charge in [-0.3, -0.25) is 0 Å². The molecule has 4 nitrogen and oxygen atoms in total. The Morgan fingerprint density at radius 1 is 1.05 bits per heavy atom. The minimum Gasteiger partial charge on any atom is -0.454 e. The van der Waals surface area contributed by atoms with Crippen LogP contribution in [0.25, 0.3) is 0 Å². The molecule has 0 saturated heterocycles. The molecule has 1 aliphatic heterocycles. The van der Waals surface area contributed by atoms with Crippen LogP contribution in [-0.4, -0.2) is 11.9 Å². The van der Waals surface area contributed by atoms with Crippen LogP contribution in [0, 0.1) is 11.6 Å². The molecule has 104 valence electrons. The van der Waals surface area contributed by atoms with E-state index in [0.717, 1.165) is 12.1 Å². The summed E-state index contributed by atoms with van der Waals surface area (Å²) in [5.74, 6) is -1.06. The maximum absolute atomic E-state index is 13.7. The van der Waals surface area contributed by atoms with Gasteiger partial charge in [0.15, 0.2) is 28.9 Å². The van der Waals surface area contributed by atoms with Gasteiger partial charge in [0.2, 0.25) is 6.79 Å². The van der Waals surface area contributed by atoms with E-state index in [1.807, 2.05) is 0 Å². The Morgan fingerprint density at radius 3 is 2.45 bits per heavy atom. The summed E-state index contributed by atoms with van der Waals surface area (Å²) in [4.78, 5) is 0. The number of hydrogen-bond acceptors (Lipinski definition) is 4. The van der Waals surface area contributed by atoms with Crippen LogP contribution < -0.4 is 14.2 Å². The lowest BCUT2D eigenvalue weighted by molar-refractivity contribution is 0.174. The maximum atomic E-state index is 13.7. The van der Waals surface area contributed by atoms with Gasteiger partial charge in [-0.05, 0) is 29.8 Å². The molecule has 2 aromatic carbocycles. The zero-order valence-corrected chi connectivity index (χ0v) is 10.2. The molecule has 0 unspecified atom stereocenters. The molecule has 0 atom stereocenters. The van der Waals surface area contributed by atoms with Crippen LogP contribution in [-0.2, 0) is 6.61 Å². The molecule has 0 saturated carbocycles. The average Bonchev–Trinajstić information content (AvgIpc) is 2.90. The Balaban J connectivity index is 1.91. The monoisotopic (exact) mass is 280 g/mol. The second-order valence-corrected chi connectivity index (χ2v) is 4.16. The number of hydrogen-bond donors (Lipinski definition) is 1. The van der Waals surface area contributed by atoms with E-state index >= 15 is 0 Å². The van der Waals surface area contributed by atoms with E-state index in [1.165, 1.54) is 12.1 Å². The van der Waals surface area contributed by atoms with Gasteiger partial charge in [0, 0.05) is 6.07 Å². The Bertz CT molecular complexity index is 635. The minimum absolute atomic E-state index is 0.104. The van der Waals surface area contributed by atoms with Crippen molar-refractivity contribution in [3.63, 3.8) is 0 Å². The topological polar surface area (TPSA) is 47.9 Å². The number of aliphatic hydroxyl groups excluding tert-OH is 1. The molecule has 0 spiro atoms. The molecule has 0 amide bonds. The van der Waals surface area contributed by atoms with Gasteiger partial charge in [0.05, 0.1) is 6.61 Å². The highest BCUT2D eigenvalue weighted by atomic mass is 19.1. The highest BCUT2D eigenvalue weighted by Crippen LogP contribution is 2.37. The van der Waals surface area contributed by atoms with Crippen molar-refractivity contribution in [2.24, 2.45) is 0 Å². The molecule has 0 aliphatic carbocycles. The van der Waals surface area contributed by atoms with Gasteiger partial charge in [0.25, 0.3) is 0 Å². The first kappa shape index (κ1) is 12.7. The van der Waals surface area contributed by atoms with E-state index in [-0.39, 0.29) is 18.1 Å². The summed E-state index contributed by atoms with van der Waals surface area (Å²) < 4.78 is 42.9. The first-order chi connectivity index (χ1) is 9.67. The van der Waals surface area contributed by atoms with E-state index in [2.05, 4.69) is 0 Å². The van der Waals surface area contributed by atoms with E-state index < -0.39 is 24.0 Å². The van der Waals surface area contributed by atoms with Crippen molar-refractivity contribution in [3.8, 4) is 23.0 Å². The summed E-state index contributed by atoms with van der Waals surface area (Å²) in [6, 6.07) is 6.64. The summed E-state index contributed by atoms with van der Waals surface area (Å²) in [6.45, 7) is -0.342. The molecular weight excluding hydrogens is 270 g/mol. The van der Waals surface area contributed by atoms with Gasteiger partial charge in [0.1, 0.15) is 5.75 Å². The van der Waals surface area contributed by atoms with E-state index in [1.54, 1.807) is 6.07 Å². The van der Waals surface area contributed by atoms with Gasteiger partial charge in [-0.25, -0.2) is 8.78 Å². The number of fused-ring (bicyclic) bond motifs is 1. The molecule has 3 rings (SSSR count). The van der Waals surface area contributed by atoms with Gasteiger partial charge in [-0.2, -0.15) is 0 Å². The van der Waals surface area contributed by atoms with E-state index in [0.29, 0.717) is 11.5 Å². The third kappa shape index (κ3) is 2.25. The standard InChI is InChI=1S/C14H10F2O4/c15-10-3-8(6-17)4-11(16)14(10)20-9-1-2-12-13(5-9)19-7-18-12/h1-5,17H,6-7H2. The van der Waals surface area contributed by atoms with Gasteiger partial charge < -0.3 is 19.3 Å². The van der Waals surface area contributed by atoms with E-state index in [9.17, 15) is 8.78 Å². The van der Waals surface area contributed by atoms with E-state index in [4.69, 9.17) is 19.3 Å². The molecule has 1 N–H and O–H groups in total. The van der Waals surface area contributed by atoms with Crippen molar-refractivity contribution < 1.29 is 28.1 Å². The average molecular weight is 280 g/mol. The number of halogens is 2. The Labute approximate surface area is 113 Å². The predicted molar refractivity (Wildman–Crippen MR) is 64.9 cm³/mol. The van der Waals surface area contributed by atoms with Crippen LogP contribution in [0.5, 0.6) is 23.0 Å². The van der Waals surface area contributed by atoms with Crippen molar-refractivity contribution in [3.05, 3.63) is 47.5 Å². The highest BCUT2D eigenvalue weighted by molar-refractivity contribution is 5.48. The van der Waals surface area contributed by atoms with Crippen LogP contribution >= 0.6 is 0 Å². The number of aliphatic hydroxyl groups is 1. The Hall–Kier alpha value is -2.34. The largest absolute Gasteiger partial charge is 0.454 e. The quantitative estimate of drug-likeness (QED) is 0.939. The molecule has 0 bridgehead atoms. The summed E-state index contributed by atoms with van der Waals surface area (Å²) >= 11 is 0. The Morgan fingerprint density at radius 2 is 1.75 bits per heavy atom. The zero-order valence-electron chi connectivity index (χ0n) is 10.2. The molecule has 20 heavy (non-hydrogen) atoms. The van der Waals surface area contributed by atoms with Crippen molar-refractivity contribution in [2.75, 3.05) is 6.79 Å². The lowest BCUT2D eigenvalue weighted by Gasteiger charge is -2.09. The summed E-state index contributed by atoms with van der Waals surface area (Å²) in [7, 11) is 0. The van der Waals surface area contributed by atoms with Crippen molar-refractivity contribution in [1.29, 1.82) is 0 Å². The minimum atomic E-state index is -0.883. The fourth-order valence-electron chi connectivity index (χ4n) is 1.86. The molecule has 1 heterocycles. The third-order valence-corrected chi connectivity index (χ3v) is 2.80. The van der Waals surface area contributed by atoms with Crippen LogP contribution in [0.1, 0.15) is 5.56 Å². The fraction of sp³-hybridized carbons (Fsp3) is 0.143. The SMILES string of the molecule is OCc1cc(F)c(Oc2ccc3c(c2)OCO3)c(F)c1. The highest BCUT2D eigenvalue weighted by Gasteiger charge is 2.17. The van der Waals surface area contributed by atoms with Gasteiger partial charge >= 0.3 is 0 Å². The smallest absolute Gasteiger partial charge is 0.231 e. The second-order valence-electron chi connectivity index (χ2n) is 4.16. The van der Waals surface area contributed by atoms with Gasteiger partial charge in [-0.15, -0.1) is 0 Å². The predicted octanol–water partition coefficient (Wildman–Crippen LogP) is 2.98. The van der Waals surface area contributed by atoms with Crippen molar-refractivity contribution in [2.45, 2.75) is 6.61 Å². The fourth-order valence-corrected chi connectivity index (χ4v) is 1.86. The van der Waals surface area contributed by atoms with Crippen LogP contribution in [0.3, 0.4) is 0 Å². The van der Waals surface area contributed by atoms with Crippen LogP contribution in [0.2, 0.25) is 0 Å². The molecule has 6 heteroatoms. The summed E-state index contributed by atoms with van der Waals surface area (Å²) in [5, 5.41) is 8.87. The second kappa shape index (κ2) is 4.97. The maximum Gasteiger partial charge on any atom is 0.231 e. The molecule has 1 aliphatic rings. The first-order valence-electron chi connectivity index (χ1n) is 5.83. The first-order valence-corrected chi connectivity index (χ1v) is 5.83. The number of rotatable bonds is 3. The van der Waals surface area contributed by atoms with Gasteiger partial charge in [-0.1, -0.05) is 0 Å². The normalized spacial score (nSPS) is 12.6. The molecule has 2 aromatic rings. The van der Waals surface area contributed by atoms with Crippen molar-refractivity contribution >= 4 is 0 Å². The van der Waals surface area contributed by atoms with Crippen LogP contribution in [0.4, 0.5) is 8.78 Å². The lowest BCUT2D eigenvalue weighted by Crippen LogP contribution is -1.96. The summed E-state index contributed by atoms with van der Waals surface area (Å²) in [6.07, 6.45) is 0. The Kier molecular flexibility index (Phi) is 3.15. The number of benzene rings is 2.